The molecule has 0 aliphatic heterocycles. The van der Waals surface area contributed by atoms with E-state index in [2.05, 4.69) is 11.2 Å². The summed E-state index contributed by atoms with van der Waals surface area (Å²) in [5.41, 5.74) is 7.21. The van der Waals surface area contributed by atoms with Gasteiger partial charge in [0, 0.05) is 0 Å². The molecule has 0 fully saturated rings. The predicted octanol–water partition coefficient (Wildman–Crippen LogP) is 2.43. The molecule has 0 amide bonds. The van der Waals surface area contributed by atoms with Gasteiger partial charge in [-0.25, -0.2) is 0 Å². The largest absolute Gasteiger partial charge is 0.486 e. The molecule has 0 saturated carbocycles. The zero-order valence-electron chi connectivity index (χ0n) is 11.4. The van der Waals surface area contributed by atoms with Crippen molar-refractivity contribution in [2.24, 2.45) is 10.9 Å². The lowest BCUT2D eigenvalue weighted by Gasteiger charge is -2.05. The third-order valence-electron chi connectivity index (χ3n) is 2.63. The minimum absolute atomic E-state index is 0.164. The van der Waals surface area contributed by atoms with Crippen LogP contribution in [-0.2, 0) is 11.4 Å². The molecule has 2 aromatic carbocycles. The molecule has 0 unspecified atom stereocenters. The van der Waals surface area contributed by atoms with Crippen LogP contribution in [-0.4, -0.2) is 12.4 Å². The molecular formula is C16H15N3O2. The maximum atomic E-state index is 8.70. The lowest BCUT2D eigenvalue weighted by molar-refractivity contribution is 0.128. The zero-order valence-corrected chi connectivity index (χ0v) is 11.4. The lowest BCUT2D eigenvalue weighted by Crippen LogP contribution is -2.21. The number of oxime groups is 1. The Kier molecular flexibility index (Phi) is 5.18. The molecule has 5 nitrogen and oxygen atoms in total. The average molecular weight is 281 g/mol. The van der Waals surface area contributed by atoms with Gasteiger partial charge in [0.05, 0.1) is 11.6 Å². The first-order chi connectivity index (χ1) is 10.3. The summed E-state index contributed by atoms with van der Waals surface area (Å²) < 4.78 is 5.43. The number of hydrogen-bond donors (Lipinski definition) is 1. The Labute approximate surface area is 123 Å². The van der Waals surface area contributed by atoms with Crippen LogP contribution in [0.15, 0.2) is 59.8 Å². The standard InChI is InChI=1S/C16H15N3O2/c17-10-13-6-8-14(9-7-13)11-21-19-16(18)12-20-15-4-2-1-3-5-15/h1-9H,11-12H2,(H2,18,19). The van der Waals surface area contributed by atoms with Crippen LogP contribution in [0.2, 0.25) is 0 Å². The van der Waals surface area contributed by atoms with Crippen molar-refractivity contribution in [1.82, 2.24) is 0 Å². The van der Waals surface area contributed by atoms with Crippen LogP contribution in [0.5, 0.6) is 5.75 Å². The lowest BCUT2D eigenvalue weighted by atomic mass is 10.2. The Morgan fingerprint density at radius 1 is 1.10 bits per heavy atom. The topological polar surface area (TPSA) is 80.6 Å². The van der Waals surface area contributed by atoms with Crippen LogP contribution < -0.4 is 10.5 Å². The molecule has 5 heteroatoms. The monoisotopic (exact) mass is 281 g/mol. The summed E-state index contributed by atoms with van der Waals surface area (Å²) in [5.74, 6) is 0.982. The van der Waals surface area contributed by atoms with Gasteiger partial charge >= 0.3 is 0 Å². The second-order valence-corrected chi connectivity index (χ2v) is 4.27. The number of benzene rings is 2. The molecule has 0 radical (unpaired) electrons. The van der Waals surface area contributed by atoms with Crippen LogP contribution in [0.3, 0.4) is 0 Å². The fourth-order valence-corrected chi connectivity index (χ4v) is 1.57. The highest BCUT2D eigenvalue weighted by Gasteiger charge is 1.98. The molecular weight excluding hydrogens is 266 g/mol. The van der Waals surface area contributed by atoms with Gasteiger partial charge in [0.15, 0.2) is 5.84 Å². The van der Waals surface area contributed by atoms with Crippen molar-refractivity contribution in [2.75, 3.05) is 6.61 Å². The van der Waals surface area contributed by atoms with Crippen LogP contribution in [0, 0.1) is 11.3 Å². The zero-order chi connectivity index (χ0) is 14.9. The van der Waals surface area contributed by atoms with Gasteiger partial charge in [-0.05, 0) is 29.8 Å². The van der Waals surface area contributed by atoms with Gasteiger partial charge in [0.1, 0.15) is 19.0 Å². The van der Waals surface area contributed by atoms with E-state index in [1.807, 2.05) is 42.5 Å². The summed E-state index contributed by atoms with van der Waals surface area (Å²) in [7, 11) is 0. The highest BCUT2D eigenvalue weighted by atomic mass is 16.6. The normalized spacial score (nSPS) is 10.7. The fourth-order valence-electron chi connectivity index (χ4n) is 1.57. The summed E-state index contributed by atoms with van der Waals surface area (Å²) >= 11 is 0. The van der Waals surface area contributed by atoms with E-state index in [0.717, 1.165) is 11.3 Å². The Morgan fingerprint density at radius 3 is 2.48 bits per heavy atom. The molecule has 0 spiro atoms. The Balaban J connectivity index is 1.76. The second kappa shape index (κ2) is 7.56. The van der Waals surface area contributed by atoms with E-state index in [1.54, 1.807) is 12.1 Å². The molecule has 21 heavy (non-hydrogen) atoms. The molecule has 0 aliphatic carbocycles. The molecule has 0 bridgehead atoms. The first-order valence-electron chi connectivity index (χ1n) is 6.39. The van der Waals surface area contributed by atoms with Crippen molar-refractivity contribution >= 4 is 5.84 Å². The number of rotatable bonds is 6. The van der Waals surface area contributed by atoms with E-state index in [1.165, 1.54) is 0 Å². The summed E-state index contributed by atoms with van der Waals surface area (Å²) in [4.78, 5) is 5.14. The third-order valence-corrected chi connectivity index (χ3v) is 2.63. The van der Waals surface area contributed by atoms with E-state index in [-0.39, 0.29) is 19.0 Å². The molecule has 2 rings (SSSR count). The van der Waals surface area contributed by atoms with E-state index in [9.17, 15) is 0 Å². The molecule has 2 N–H and O–H groups in total. The minimum atomic E-state index is 0.164. The molecule has 0 aliphatic rings. The van der Waals surface area contributed by atoms with Gasteiger partial charge in [-0.1, -0.05) is 35.5 Å². The number of hydrogen-bond acceptors (Lipinski definition) is 4. The first-order valence-corrected chi connectivity index (χ1v) is 6.39. The van der Waals surface area contributed by atoms with Crippen molar-refractivity contribution in [3.8, 4) is 11.8 Å². The van der Waals surface area contributed by atoms with Crippen molar-refractivity contribution in [1.29, 1.82) is 5.26 Å². The van der Waals surface area contributed by atoms with Crippen molar-refractivity contribution in [2.45, 2.75) is 6.61 Å². The minimum Gasteiger partial charge on any atom is -0.486 e. The Bertz CT molecular complexity index is 631. The molecule has 0 aromatic heterocycles. The van der Waals surface area contributed by atoms with Gasteiger partial charge in [-0.15, -0.1) is 0 Å². The van der Waals surface area contributed by atoms with Gasteiger partial charge < -0.3 is 15.3 Å². The summed E-state index contributed by atoms with van der Waals surface area (Å²) in [6.45, 7) is 0.454. The summed E-state index contributed by atoms with van der Waals surface area (Å²) in [6.07, 6.45) is 0. The molecule has 0 saturated heterocycles. The van der Waals surface area contributed by atoms with Gasteiger partial charge in [0.2, 0.25) is 0 Å². The van der Waals surface area contributed by atoms with E-state index in [0.29, 0.717) is 5.56 Å². The SMILES string of the molecule is N#Cc1ccc(CO/N=C(\N)COc2ccccc2)cc1. The van der Waals surface area contributed by atoms with Crippen LogP contribution >= 0.6 is 0 Å². The maximum Gasteiger partial charge on any atom is 0.177 e. The number of nitrogens with two attached hydrogens (primary N) is 1. The molecule has 0 atom stereocenters. The van der Waals surface area contributed by atoms with E-state index >= 15 is 0 Å². The Morgan fingerprint density at radius 2 is 1.81 bits per heavy atom. The average Bonchev–Trinajstić information content (AvgIpc) is 2.54. The number of amidine groups is 1. The van der Waals surface area contributed by atoms with Crippen molar-refractivity contribution < 1.29 is 9.57 Å². The second-order valence-electron chi connectivity index (χ2n) is 4.27. The number of para-hydroxylation sites is 1. The summed E-state index contributed by atoms with van der Waals surface area (Å²) in [5, 5.41) is 12.5. The number of nitrogens with zero attached hydrogens (tertiary/aromatic N) is 2. The number of ether oxygens (including phenoxy) is 1. The Hall–Kier alpha value is -3.00. The first kappa shape index (κ1) is 14.4. The van der Waals surface area contributed by atoms with Crippen LogP contribution in [0.4, 0.5) is 0 Å². The van der Waals surface area contributed by atoms with E-state index < -0.39 is 0 Å². The van der Waals surface area contributed by atoms with Crippen LogP contribution in [0.25, 0.3) is 0 Å². The van der Waals surface area contributed by atoms with E-state index in [4.69, 9.17) is 20.6 Å². The third kappa shape index (κ3) is 4.88. The maximum absolute atomic E-state index is 8.70. The highest BCUT2D eigenvalue weighted by molar-refractivity contribution is 5.81. The quantitative estimate of drug-likeness (QED) is 0.501. The van der Waals surface area contributed by atoms with Gasteiger partial charge in [-0.3, -0.25) is 0 Å². The predicted molar refractivity (Wildman–Crippen MR) is 79.5 cm³/mol. The van der Waals surface area contributed by atoms with Crippen molar-refractivity contribution in [3.05, 3.63) is 65.7 Å². The molecule has 0 heterocycles. The fraction of sp³-hybridized carbons (Fsp3) is 0.125. The highest BCUT2D eigenvalue weighted by Crippen LogP contribution is 2.08. The smallest absolute Gasteiger partial charge is 0.177 e. The summed E-state index contributed by atoms with van der Waals surface area (Å²) in [6, 6.07) is 18.5. The van der Waals surface area contributed by atoms with Crippen molar-refractivity contribution in [3.63, 3.8) is 0 Å². The number of nitriles is 1. The molecule has 2 aromatic rings. The van der Waals surface area contributed by atoms with Crippen LogP contribution in [0.1, 0.15) is 11.1 Å². The van der Waals surface area contributed by atoms with Gasteiger partial charge in [-0.2, -0.15) is 5.26 Å². The molecule has 106 valence electrons. The van der Waals surface area contributed by atoms with Gasteiger partial charge in [0.25, 0.3) is 0 Å².